The van der Waals surface area contributed by atoms with Crippen molar-refractivity contribution in [2.24, 2.45) is 0 Å². The number of hydrogen-bond donors (Lipinski definition) is 1. The first-order valence-electron chi connectivity index (χ1n) is 4.13. The summed E-state index contributed by atoms with van der Waals surface area (Å²) >= 11 is 2.25. The molecule has 1 rings (SSSR count). The number of nitrogens with one attached hydrogen (secondary N) is 1. The van der Waals surface area contributed by atoms with Crippen molar-refractivity contribution in [2.75, 3.05) is 13.6 Å². The first-order chi connectivity index (χ1) is 6.22. The zero-order valence-electron chi connectivity index (χ0n) is 7.51. The van der Waals surface area contributed by atoms with Gasteiger partial charge in [-0.2, -0.15) is 0 Å². The zero-order valence-corrected chi connectivity index (χ0v) is 9.67. The number of halogens is 1. The van der Waals surface area contributed by atoms with Crippen LogP contribution in [-0.2, 0) is 11.2 Å². The molecule has 0 aliphatic heterocycles. The third-order valence-electron chi connectivity index (χ3n) is 1.69. The van der Waals surface area contributed by atoms with Crippen LogP contribution in [0.5, 0.6) is 0 Å². The van der Waals surface area contributed by atoms with Gasteiger partial charge in [0.2, 0.25) is 0 Å². The van der Waals surface area contributed by atoms with Gasteiger partial charge in [0.1, 0.15) is 0 Å². The number of rotatable bonds is 4. The topological polar surface area (TPSA) is 29.1 Å². The zero-order chi connectivity index (χ0) is 9.68. The van der Waals surface area contributed by atoms with Crippen molar-refractivity contribution in [3.05, 3.63) is 33.4 Å². The van der Waals surface area contributed by atoms with E-state index in [2.05, 4.69) is 27.9 Å². The molecule has 0 saturated carbocycles. The summed E-state index contributed by atoms with van der Waals surface area (Å²) in [6, 6.07) is 8.02. The van der Waals surface area contributed by atoms with Crippen LogP contribution >= 0.6 is 22.6 Å². The predicted molar refractivity (Wildman–Crippen MR) is 61.8 cm³/mol. The molecule has 0 unspecified atom stereocenters. The average Bonchev–Trinajstić information content (AvgIpc) is 2.09. The quantitative estimate of drug-likeness (QED) is 0.853. The second-order valence-corrected chi connectivity index (χ2v) is 4.12. The molecule has 2 nitrogen and oxygen atoms in total. The lowest BCUT2D eigenvalue weighted by Gasteiger charge is -2.00. The highest BCUT2D eigenvalue weighted by atomic mass is 127. The van der Waals surface area contributed by atoms with Crippen molar-refractivity contribution in [3.8, 4) is 0 Å². The Bertz CT molecular complexity index is 281. The summed E-state index contributed by atoms with van der Waals surface area (Å²) in [4.78, 5) is 11.2. The van der Waals surface area contributed by atoms with Crippen LogP contribution < -0.4 is 5.32 Å². The summed E-state index contributed by atoms with van der Waals surface area (Å²) in [7, 11) is 1.78. The fourth-order valence-corrected chi connectivity index (χ4v) is 1.45. The molecular weight excluding hydrogens is 277 g/mol. The van der Waals surface area contributed by atoms with Crippen molar-refractivity contribution in [1.82, 2.24) is 5.32 Å². The Morgan fingerprint density at radius 1 is 1.38 bits per heavy atom. The lowest BCUT2D eigenvalue weighted by Crippen LogP contribution is -2.20. The van der Waals surface area contributed by atoms with Crippen LogP contribution in [0.2, 0.25) is 0 Å². The smallest absolute Gasteiger partial charge is 0.150 e. The maximum absolute atomic E-state index is 11.2. The summed E-state index contributed by atoms with van der Waals surface area (Å²) < 4.78 is 1.20. The summed E-state index contributed by atoms with van der Waals surface area (Å²) in [5, 5.41) is 2.85. The Morgan fingerprint density at radius 3 is 2.54 bits per heavy atom. The number of benzene rings is 1. The molecule has 70 valence electrons. The maximum Gasteiger partial charge on any atom is 0.150 e. The molecule has 3 heteroatoms. The molecule has 0 radical (unpaired) electrons. The van der Waals surface area contributed by atoms with Crippen LogP contribution in [0.3, 0.4) is 0 Å². The minimum absolute atomic E-state index is 0.226. The van der Waals surface area contributed by atoms with Gasteiger partial charge in [-0.3, -0.25) is 4.79 Å². The van der Waals surface area contributed by atoms with Crippen LogP contribution in [0.1, 0.15) is 5.56 Å². The molecule has 0 atom stereocenters. The average molecular weight is 289 g/mol. The van der Waals surface area contributed by atoms with E-state index in [1.54, 1.807) is 7.05 Å². The van der Waals surface area contributed by atoms with Gasteiger partial charge in [-0.1, -0.05) is 12.1 Å². The van der Waals surface area contributed by atoms with E-state index in [9.17, 15) is 4.79 Å². The van der Waals surface area contributed by atoms with Crippen LogP contribution in [0.25, 0.3) is 0 Å². The maximum atomic E-state index is 11.2. The van der Waals surface area contributed by atoms with Gasteiger partial charge in [0, 0.05) is 9.99 Å². The van der Waals surface area contributed by atoms with Crippen molar-refractivity contribution >= 4 is 28.4 Å². The highest BCUT2D eigenvalue weighted by Gasteiger charge is 2.01. The minimum atomic E-state index is 0.226. The summed E-state index contributed by atoms with van der Waals surface area (Å²) in [5.74, 6) is 0.226. The van der Waals surface area contributed by atoms with Crippen molar-refractivity contribution < 1.29 is 4.79 Å². The number of carbonyl (C=O) groups is 1. The molecule has 1 aromatic rings. The SMILES string of the molecule is CNCC(=O)Cc1ccc(I)cc1. The second kappa shape index (κ2) is 5.34. The van der Waals surface area contributed by atoms with Crippen LogP contribution in [0.4, 0.5) is 0 Å². The number of ketones is 1. The minimum Gasteiger partial charge on any atom is -0.313 e. The number of likely N-dealkylation sites (N-methyl/N-ethyl adjacent to an activating group) is 1. The molecule has 0 saturated heterocycles. The van der Waals surface area contributed by atoms with E-state index in [4.69, 9.17) is 0 Å². The van der Waals surface area contributed by atoms with Gasteiger partial charge in [0.15, 0.2) is 5.78 Å². The van der Waals surface area contributed by atoms with E-state index < -0.39 is 0 Å². The van der Waals surface area contributed by atoms with Crippen LogP contribution in [-0.4, -0.2) is 19.4 Å². The molecule has 0 spiro atoms. The molecular formula is C10H12INO. The highest BCUT2D eigenvalue weighted by molar-refractivity contribution is 14.1. The lowest BCUT2D eigenvalue weighted by molar-refractivity contribution is -0.117. The summed E-state index contributed by atoms with van der Waals surface area (Å²) in [6.07, 6.45) is 0.526. The van der Waals surface area contributed by atoms with Gasteiger partial charge in [-0.05, 0) is 47.3 Å². The number of hydrogen-bond acceptors (Lipinski definition) is 2. The molecule has 0 amide bonds. The second-order valence-electron chi connectivity index (χ2n) is 2.87. The molecule has 0 bridgehead atoms. The van der Waals surface area contributed by atoms with Crippen molar-refractivity contribution in [1.29, 1.82) is 0 Å². The molecule has 0 aliphatic rings. The Morgan fingerprint density at radius 2 is 2.00 bits per heavy atom. The van der Waals surface area contributed by atoms with E-state index in [0.717, 1.165) is 5.56 Å². The molecule has 0 aromatic heterocycles. The van der Waals surface area contributed by atoms with Gasteiger partial charge in [-0.15, -0.1) is 0 Å². The largest absolute Gasteiger partial charge is 0.313 e. The van der Waals surface area contributed by atoms with Gasteiger partial charge < -0.3 is 5.32 Å². The fourth-order valence-electron chi connectivity index (χ4n) is 1.09. The third-order valence-corrected chi connectivity index (χ3v) is 2.41. The number of Topliss-reactive ketones (excluding diaryl/α,β-unsaturated/α-hetero) is 1. The van der Waals surface area contributed by atoms with Gasteiger partial charge in [0.05, 0.1) is 6.54 Å². The number of carbonyl (C=O) groups excluding carboxylic acids is 1. The summed E-state index contributed by atoms with van der Waals surface area (Å²) in [5.41, 5.74) is 1.08. The molecule has 0 aliphatic carbocycles. The van der Waals surface area contributed by atoms with E-state index in [1.807, 2.05) is 24.3 Å². The van der Waals surface area contributed by atoms with Gasteiger partial charge in [-0.25, -0.2) is 0 Å². The van der Waals surface area contributed by atoms with Crippen molar-refractivity contribution in [2.45, 2.75) is 6.42 Å². The molecule has 13 heavy (non-hydrogen) atoms. The lowest BCUT2D eigenvalue weighted by atomic mass is 10.1. The summed E-state index contributed by atoms with van der Waals surface area (Å²) in [6.45, 7) is 0.450. The van der Waals surface area contributed by atoms with Crippen molar-refractivity contribution in [3.63, 3.8) is 0 Å². The third kappa shape index (κ3) is 3.87. The first-order valence-corrected chi connectivity index (χ1v) is 5.21. The van der Waals surface area contributed by atoms with E-state index >= 15 is 0 Å². The van der Waals surface area contributed by atoms with E-state index in [1.165, 1.54) is 3.57 Å². The first kappa shape index (κ1) is 10.7. The van der Waals surface area contributed by atoms with Crippen LogP contribution in [0, 0.1) is 3.57 Å². The molecule has 0 fully saturated rings. The normalized spacial score (nSPS) is 10.0. The van der Waals surface area contributed by atoms with E-state index in [-0.39, 0.29) is 5.78 Å². The van der Waals surface area contributed by atoms with Gasteiger partial charge in [0.25, 0.3) is 0 Å². The standard InChI is InChI=1S/C10H12INO/c1-12-7-10(13)6-8-2-4-9(11)5-3-8/h2-5,12H,6-7H2,1H3. The Kier molecular flexibility index (Phi) is 4.38. The predicted octanol–water partition coefficient (Wildman–Crippen LogP) is 1.62. The monoisotopic (exact) mass is 289 g/mol. The Hall–Kier alpha value is -0.420. The van der Waals surface area contributed by atoms with E-state index in [0.29, 0.717) is 13.0 Å². The fraction of sp³-hybridized carbons (Fsp3) is 0.300. The Balaban J connectivity index is 2.54. The highest BCUT2D eigenvalue weighted by Crippen LogP contribution is 2.07. The molecule has 1 N–H and O–H groups in total. The van der Waals surface area contributed by atoms with Crippen LogP contribution in [0.15, 0.2) is 24.3 Å². The van der Waals surface area contributed by atoms with Gasteiger partial charge >= 0.3 is 0 Å². The Labute approximate surface area is 91.9 Å². The molecule has 1 aromatic carbocycles. The molecule has 0 heterocycles.